The lowest BCUT2D eigenvalue weighted by Gasteiger charge is -2.08. The molecule has 2 rings (SSSR count). The maximum Gasteiger partial charge on any atom is 0.139 e. The van der Waals surface area contributed by atoms with Crippen LogP contribution < -0.4 is 0 Å². The Morgan fingerprint density at radius 1 is 1.42 bits per heavy atom. The molecule has 2 unspecified atom stereocenters. The summed E-state index contributed by atoms with van der Waals surface area (Å²) in [6.45, 7) is 2.03. The molecular formula is C9H12Cl2O. The van der Waals surface area contributed by atoms with Gasteiger partial charge < -0.3 is 0 Å². The van der Waals surface area contributed by atoms with Gasteiger partial charge in [-0.2, -0.15) is 0 Å². The molecule has 2 atom stereocenters. The van der Waals surface area contributed by atoms with E-state index in [-0.39, 0.29) is 17.1 Å². The summed E-state index contributed by atoms with van der Waals surface area (Å²) < 4.78 is -0.759. The van der Waals surface area contributed by atoms with Crippen LogP contribution in [0.15, 0.2) is 0 Å². The molecule has 0 N–H and O–H groups in total. The van der Waals surface area contributed by atoms with E-state index in [2.05, 4.69) is 0 Å². The fourth-order valence-corrected chi connectivity index (χ4v) is 3.41. The third kappa shape index (κ3) is 0.898. The maximum absolute atomic E-state index is 11.5. The van der Waals surface area contributed by atoms with Gasteiger partial charge in [-0.1, -0.05) is 13.3 Å². The summed E-state index contributed by atoms with van der Waals surface area (Å²) in [4.78, 5) is 11.5. The molecular weight excluding hydrogens is 195 g/mol. The highest BCUT2D eigenvalue weighted by molar-refractivity contribution is 6.53. The number of hydrogen-bond acceptors (Lipinski definition) is 1. The van der Waals surface area contributed by atoms with Crippen LogP contribution in [-0.2, 0) is 4.79 Å². The fourth-order valence-electron chi connectivity index (χ4n) is 2.39. The minimum atomic E-state index is -0.759. The number of alkyl halides is 2. The van der Waals surface area contributed by atoms with E-state index in [1.807, 2.05) is 6.92 Å². The second kappa shape index (κ2) is 2.39. The van der Waals surface area contributed by atoms with Crippen molar-refractivity contribution in [3.05, 3.63) is 0 Å². The van der Waals surface area contributed by atoms with Gasteiger partial charge in [-0.15, -0.1) is 23.2 Å². The Kier molecular flexibility index (Phi) is 1.76. The molecule has 2 saturated carbocycles. The van der Waals surface area contributed by atoms with Crippen LogP contribution in [0.2, 0.25) is 0 Å². The van der Waals surface area contributed by atoms with Gasteiger partial charge in [0.1, 0.15) is 10.1 Å². The molecule has 12 heavy (non-hydrogen) atoms. The highest BCUT2D eigenvalue weighted by Crippen LogP contribution is 2.72. The zero-order valence-electron chi connectivity index (χ0n) is 7.07. The Bertz CT molecular complexity index is 237. The molecule has 0 aliphatic heterocycles. The van der Waals surface area contributed by atoms with E-state index in [0.717, 1.165) is 19.3 Å². The largest absolute Gasteiger partial charge is 0.299 e. The molecule has 0 bridgehead atoms. The van der Waals surface area contributed by atoms with Crippen LogP contribution in [0.1, 0.15) is 32.6 Å². The first-order valence-corrected chi connectivity index (χ1v) is 5.16. The Labute approximate surface area is 82.4 Å². The van der Waals surface area contributed by atoms with Crippen molar-refractivity contribution in [1.82, 2.24) is 0 Å². The van der Waals surface area contributed by atoms with E-state index in [1.165, 1.54) is 0 Å². The number of ketones is 1. The molecule has 0 amide bonds. The molecule has 0 aromatic carbocycles. The van der Waals surface area contributed by atoms with Gasteiger partial charge in [0, 0.05) is 11.8 Å². The Balaban J connectivity index is 2.27. The molecule has 68 valence electrons. The topological polar surface area (TPSA) is 17.1 Å². The molecule has 0 saturated heterocycles. The smallest absolute Gasteiger partial charge is 0.139 e. The minimum absolute atomic E-state index is 0.0872. The number of fused-ring (bicyclic) bond motifs is 1. The molecule has 2 aliphatic rings. The molecule has 0 radical (unpaired) electrons. The molecule has 2 aliphatic carbocycles. The van der Waals surface area contributed by atoms with Gasteiger partial charge in [0.15, 0.2) is 0 Å². The monoisotopic (exact) mass is 206 g/mol. The van der Waals surface area contributed by atoms with E-state index >= 15 is 0 Å². The van der Waals surface area contributed by atoms with Gasteiger partial charge >= 0.3 is 0 Å². The van der Waals surface area contributed by atoms with Crippen LogP contribution >= 0.6 is 23.2 Å². The van der Waals surface area contributed by atoms with Gasteiger partial charge in [0.05, 0.1) is 5.92 Å². The van der Waals surface area contributed by atoms with Crippen LogP contribution in [0, 0.1) is 11.3 Å². The highest BCUT2D eigenvalue weighted by atomic mass is 35.5. The molecule has 0 heterocycles. The predicted molar refractivity (Wildman–Crippen MR) is 49.5 cm³/mol. The Morgan fingerprint density at radius 3 is 2.75 bits per heavy atom. The van der Waals surface area contributed by atoms with Crippen LogP contribution in [-0.4, -0.2) is 10.1 Å². The minimum Gasteiger partial charge on any atom is -0.299 e. The lowest BCUT2D eigenvalue weighted by Crippen LogP contribution is -2.05. The van der Waals surface area contributed by atoms with Crippen LogP contribution in [0.3, 0.4) is 0 Å². The molecule has 2 fully saturated rings. The predicted octanol–water partition coefficient (Wildman–Crippen LogP) is 2.94. The zero-order chi connectivity index (χ0) is 8.98. The number of carbonyl (C=O) groups excluding carboxylic acids is 1. The fraction of sp³-hybridized carbons (Fsp3) is 0.889. The summed E-state index contributed by atoms with van der Waals surface area (Å²) in [5.74, 6) is 0.177. The second-order valence-corrected chi connectivity index (χ2v) is 5.53. The van der Waals surface area contributed by atoms with E-state index in [9.17, 15) is 4.79 Å². The van der Waals surface area contributed by atoms with E-state index in [4.69, 9.17) is 23.2 Å². The number of hydrogen-bond donors (Lipinski definition) is 0. The van der Waals surface area contributed by atoms with Crippen molar-refractivity contribution in [3.63, 3.8) is 0 Å². The summed E-state index contributed by atoms with van der Waals surface area (Å²) >= 11 is 12.1. The van der Waals surface area contributed by atoms with Crippen molar-refractivity contribution in [2.45, 2.75) is 36.9 Å². The van der Waals surface area contributed by atoms with Crippen LogP contribution in [0.4, 0.5) is 0 Å². The van der Waals surface area contributed by atoms with E-state index in [0.29, 0.717) is 6.42 Å². The standard InChI is InChI=1S/C9H12Cl2O/c1-8-5-3-2-4-6(12)7(8)9(8,10)11/h7H,2-5H2,1H3. The average Bonchev–Trinajstić information content (AvgIpc) is 2.45. The summed E-state index contributed by atoms with van der Waals surface area (Å²) in [6.07, 6.45) is 3.76. The first-order valence-electron chi connectivity index (χ1n) is 4.41. The van der Waals surface area contributed by atoms with Gasteiger partial charge in [-0.25, -0.2) is 0 Å². The quantitative estimate of drug-likeness (QED) is 0.558. The number of rotatable bonds is 0. The highest BCUT2D eigenvalue weighted by Gasteiger charge is 2.75. The molecule has 1 nitrogen and oxygen atoms in total. The van der Waals surface area contributed by atoms with Crippen molar-refractivity contribution in [3.8, 4) is 0 Å². The Morgan fingerprint density at radius 2 is 2.08 bits per heavy atom. The lowest BCUT2D eigenvalue weighted by molar-refractivity contribution is -0.120. The first-order chi connectivity index (χ1) is 5.50. The third-order valence-corrected chi connectivity index (χ3v) is 4.67. The van der Waals surface area contributed by atoms with Crippen molar-refractivity contribution in [2.24, 2.45) is 11.3 Å². The molecule has 0 spiro atoms. The van der Waals surface area contributed by atoms with Crippen LogP contribution in [0.25, 0.3) is 0 Å². The van der Waals surface area contributed by atoms with Crippen LogP contribution in [0.5, 0.6) is 0 Å². The number of carbonyl (C=O) groups is 1. The molecule has 3 heteroatoms. The van der Waals surface area contributed by atoms with Crippen molar-refractivity contribution >= 4 is 29.0 Å². The first kappa shape index (κ1) is 8.83. The van der Waals surface area contributed by atoms with E-state index in [1.54, 1.807) is 0 Å². The van der Waals surface area contributed by atoms with Gasteiger partial charge in [0.2, 0.25) is 0 Å². The summed E-state index contributed by atoms with van der Waals surface area (Å²) in [7, 11) is 0. The Hall–Kier alpha value is 0.250. The molecule has 0 aromatic rings. The van der Waals surface area contributed by atoms with Crippen molar-refractivity contribution < 1.29 is 4.79 Å². The second-order valence-electron chi connectivity index (χ2n) is 4.15. The lowest BCUT2D eigenvalue weighted by atomic mass is 10.0. The van der Waals surface area contributed by atoms with Crippen molar-refractivity contribution in [1.29, 1.82) is 0 Å². The summed E-state index contributed by atoms with van der Waals surface area (Å²) in [6, 6.07) is 0. The molecule has 0 aromatic heterocycles. The van der Waals surface area contributed by atoms with Crippen molar-refractivity contribution in [2.75, 3.05) is 0 Å². The number of Topliss-reactive ketones (excluding diaryl/α,β-unsaturated/α-hetero) is 1. The maximum atomic E-state index is 11.5. The normalized spacial score (nSPS) is 44.9. The SMILES string of the molecule is CC12CCCCC(=O)C1C2(Cl)Cl. The number of halogens is 2. The summed E-state index contributed by atoms with van der Waals surface area (Å²) in [5, 5.41) is 0. The van der Waals surface area contributed by atoms with Gasteiger partial charge in [0.25, 0.3) is 0 Å². The summed E-state index contributed by atoms with van der Waals surface area (Å²) in [5.41, 5.74) is -0.121. The third-order valence-electron chi connectivity index (χ3n) is 3.37. The van der Waals surface area contributed by atoms with E-state index < -0.39 is 4.33 Å². The zero-order valence-corrected chi connectivity index (χ0v) is 8.58. The van der Waals surface area contributed by atoms with Gasteiger partial charge in [-0.3, -0.25) is 4.79 Å². The van der Waals surface area contributed by atoms with Gasteiger partial charge in [-0.05, 0) is 12.8 Å². The average molecular weight is 207 g/mol.